The number of methoxy groups -OCH3 is 2. The lowest BCUT2D eigenvalue weighted by atomic mass is 10.2. The lowest BCUT2D eigenvalue weighted by Crippen LogP contribution is -2.50. The van der Waals surface area contributed by atoms with Crippen molar-refractivity contribution < 1.29 is 28.2 Å². The van der Waals surface area contributed by atoms with E-state index in [4.69, 9.17) is 14.2 Å². The molecule has 154 valence electrons. The smallest absolute Gasteiger partial charge is 0.342 e. The van der Waals surface area contributed by atoms with E-state index in [1.165, 1.54) is 26.4 Å². The van der Waals surface area contributed by atoms with Crippen LogP contribution in [0.2, 0.25) is 0 Å². The summed E-state index contributed by atoms with van der Waals surface area (Å²) >= 11 is 0. The van der Waals surface area contributed by atoms with Gasteiger partial charge < -0.3 is 24.0 Å². The number of hydrogen-bond donors (Lipinski definition) is 0. The van der Waals surface area contributed by atoms with Crippen LogP contribution < -0.4 is 14.4 Å². The molecule has 0 N–H and O–H groups in total. The predicted octanol–water partition coefficient (Wildman–Crippen LogP) is 2.35. The molecule has 0 spiro atoms. The number of esters is 1. The maximum atomic E-state index is 13.9. The van der Waals surface area contributed by atoms with Crippen LogP contribution in [0.5, 0.6) is 11.5 Å². The molecule has 1 heterocycles. The zero-order valence-electron chi connectivity index (χ0n) is 16.4. The molecule has 0 aromatic heterocycles. The highest BCUT2D eigenvalue weighted by atomic mass is 19.1. The second-order valence-electron chi connectivity index (χ2n) is 6.46. The molecule has 8 heteroatoms. The molecular weight excluding hydrogens is 379 g/mol. The minimum Gasteiger partial charge on any atom is -0.497 e. The summed E-state index contributed by atoms with van der Waals surface area (Å²) in [5, 5.41) is 0. The topological polar surface area (TPSA) is 68.3 Å². The first-order valence-corrected chi connectivity index (χ1v) is 9.20. The van der Waals surface area contributed by atoms with Gasteiger partial charge in [-0.2, -0.15) is 0 Å². The number of rotatable bonds is 6. The third-order valence-electron chi connectivity index (χ3n) is 4.78. The van der Waals surface area contributed by atoms with Crippen molar-refractivity contribution in [3.63, 3.8) is 0 Å². The summed E-state index contributed by atoms with van der Waals surface area (Å²) in [6, 6.07) is 11.3. The number of nitrogens with zero attached hydrogens (tertiary/aromatic N) is 2. The van der Waals surface area contributed by atoms with Crippen LogP contribution in [-0.4, -0.2) is 63.8 Å². The zero-order chi connectivity index (χ0) is 20.8. The van der Waals surface area contributed by atoms with E-state index >= 15 is 0 Å². The van der Waals surface area contributed by atoms with Gasteiger partial charge >= 0.3 is 5.97 Å². The van der Waals surface area contributed by atoms with Gasteiger partial charge in [0.25, 0.3) is 5.91 Å². The van der Waals surface area contributed by atoms with Crippen molar-refractivity contribution in [2.45, 2.75) is 0 Å². The molecule has 0 radical (unpaired) electrons. The Hall–Kier alpha value is -3.29. The standard InChI is InChI=1S/C21H23FN2O5/c1-27-15-7-8-16(19(13-15)28-2)21(26)29-14-20(25)24-11-9-23(10-12-24)18-6-4-3-5-17(18)22/h3-8,13H,9-12,14H2,1-2H3. The number of para-hydroxylation sites is 1. The van der Waals surface area contributed by atoms with Gasteiger partial charge in [0.2, 0.25) is 0 Å². The van der Waals surface area contributed by atoms with Crippen molar-refractivity contribution in [2.75, 3.05) is 51.9 Å². The largest absolute Gasteiger partial charge is 0.497 e. The monoisotopic (exact) mass is 402 g/mol. The third-order valence-corrected chi connectivity index (χ3v) is 4.78. The second kappa shape index (κ2) is 9.27. The summed E-state index contributed by atoms with van der Waals surface area (Å²) in [5.41, 5.74) is 0.739. The van der Waals surface area contributed by atoms with Crippen LogP contribution in [0.3, 0.4) is 0 Å². The Labute approximate surface area is 168 Å². The number of anilines is 1. The molecule has 1 amide bonds. The Morgan fingerprint density at radius 1 is 1.00 bits per heavy atom. The van der Waals surface area contributed by atoms with E-state index in [-0.39, 0.29) is 23.9 Å². The molecule has 0 aliphatic carbocycles. The van der Waals surface area contributed by atoms with Gasteiger partial charge in [-0.25, -0.2) is 9.18 Å². The van der Waals surface area contributed by atoms with E-state index in [0.717, 1.165) is 0 Å². The van der Waals surface area contributed by atoms with Crippen LogP contribution in [0, 0.1) is 5.82 Å². The van der Waals surface area contributed by atoms with Crippen molar-refractivity contribution >= 4 is 17.6 Å². The number of amides is 1. The Morgan fingerprint density at radius 2 is 1.72 bits per heavy atom. The summed E-state index contributed by atoms with van der Waals surface area (Å²) < 4.78 is 29.4. The minimum absolute atomic E-state index is 0.213. The molecule has 1 saturated heterocycles. The quantitative estimate of drug-likeness (QED) is 0.691. The number of carbonyl (C=O) groups is 2. The molecule has 3 rings (SSSR count). The van der Waals surface area contributed by atoms with Crippen LogP contribution in [0.4, 0.5) is 10.1 Å². The van der Waals surface area contributed by atoms with Gasteiger partial charge in [-0.15, -0.1) is 0 Å². The van der Waals surface area contributed by atoms with Crippen LogP contribution in [0.15, 0.2) is 42.5 Å². The molecule has 1 aliphatic heterocycles. The summed E-state index contributed by atoms with van der Waals surface area (Å²) in [6.07, 6.45) is 0. The molecule has 0 atom stereocenters. The van der Waals surface area contributed by atoms with Crippen LogP contribution in [0.1, 0.15) is 10.4 Å². The van der Waals surface area contributed by atoms with Crippen LogP contribution in [0.25, 0.3) is 0 Å². The highest BCUT2D eigenvalue weighted by molar-refractivity contribution is 5.94. The number of benzene rings is 2. The summed E-state index contributed by atoms with van der Waals surface area (Å²) in [6.45, 7) is 1.50. The number of hydrogen-bond acceptors (Lipinski definition) is 6. The fourth-order valence-electron chi connectivity index (χ4n) is 3.17. The van der Waals surface area contributed by atoms with E-state index in [2.05, 4.69) is 0 Å². The van der Waals surface area contributed by atoms with E-state index in [0.29, 0.717) is 43.4 Å². The first-order valence-electron chi connectivity index (χ1n) is 9.20. The molecule has 2 aromatic carbocycles. The molecule has 1 fully saturated rings. The van der Waals surface area contributed by atoms with Gasteiger partial charge in [0.05, 0.1) is 19.9 Å². The molecular formula is C21H23FN2O5. The fourth-order valence-corrected chi connectivity index (χ4v) is 3.17. The highest BCUT2D eigenvalue weighted by Gasteiger charge is 2.24. The zero-order valence-corrected chi connectivity index (χ0v) is 16.4. The summed E-state index contributed by atoms with van der Waals surface area (Å²) in [4.78, 5) is 28.2. The predicted molar refractivity (Wildman–Crippen MR) is 105 cm³/mol. The van der Waals surface area contributed by atoms with Crippen molar-refractivity contribution in [3.8, 4) is 11.5 Å². The molecule has 0 unspecified atom stereocenters. The van der Waals surface area contributed by atoms with Crippen molar-refractivity contribution in [1.29, 1.82) is 0 Å². The van der Waals surface area contributed by atoms with E-state index in [1.54, 1.807) is 35.2 Å². The lowest BCUT2D eigenvalue weighted by Gasteiger charge is -2.36. The Kier molecular flexibility index (Phi) is 6.54. The maximum Gasteiger partial charge on any atom is 0.342 e. The van der Waals surface area contributed by atoms with Gasteiger partial charge in [0, 0.05) is 32.2 Å². The SMILES string of the molecule is COc1ccc(C(=O)OCC(=O)N2CCN(c3ccccc3F)CC2)c(OC)c1. The van der Waals surface area contributed by atoms with Gasteiger partial charge in [-0.3, -0.25) is 4.79 Å². The minimum atomic E-state index is -0.650. The number of halogens is 1. The highest BCUT2D eigenvalue weighted by Crippen LogP contribution is 2.25. The van der Waals surface area contributed by atoms with Crippen molar-refractivity contribution in [2.24, 2.45) is 0 Å². The normalized spacial score (nSPS) is 13.8. The van der Waals surface area contributed by atoms with E-state index in [1.807, 2.05) is 4.90 Å². The summed E-state index contributed by atoms with van der Waals surface area (Å²) in [5.74, 6) is -0.376. The van der Waals surface area contributed by atoms with Crippen LogP contribution in [-0.2, 0) is 9.53 Å². The maximum absolute atomic E-state index is 13.9. The molecule has 0 bridgehead atoms. The Bertz CT molecular complexity index is 881. The Morgan fingerprint density at radius 3 is 2.38 bits per heavy atom. The van der Waals surface area contributed by atoms with Crippen molar-refractivity contribution in [1.82, 2.24) is 4.90 Å². The van der Waals surface area contributed by atoms with Gasteiger partial charge in [0.15, 0.2) is 6.61 Å². The second-order valence-corrected chi connectivity index (χ2v) is 6.46. The van der Waals surface area contributed by atoms with Gasteiger partial charge in [-0.05, 0) is 24.3 Å². The molecule has 2 aromatic rings. The first kappa shape index (κ1) is 20.4. The number of ether oxygens (including phenoxy) is 3. The third kappa shape index (κ3) is 4.77. The first-order chi connectivity index (χ1) is 14.0. The fraction of sp³-hybridized carbons (Fsp3) is 0.333. The van der Waals surface area contributed by atoms with Gasteiger partial charge in [0.1, 0.15) is 22.9 Å². The van der Waals surface area contributed by atoms with E-state index in [9.17, 15) is 14.0 Å². The van der Waals surface area contributed by atoms with Crippen molar-refractivity contribution in [3.05, 3.63) is 53.8 Å². The Balaban J connectivity index is 1.53. The molecule has 7 nitrogen and oxygen atoms in total. The van der Waals surface area contributed by atoms with Gasteiger partial charge in [-0.1, -0.05) is 12.1 Å². The average molecular weight is 402 g/mol. The number of piperazine rings is 1. The molecule has 1 aliphatic rings. The summed E-state index contributed by atoms with van der Waals surface area (Å²) in [7, 11) is 2.95. The molecule has 29 heavy (non-hydrogen) atoms. The number of carbonyl (C=O) groups excluding carboxylic acids is 2. The lowest BCUT2D eigenvalue weighted by molar-refractivity contribution is -0.134. The molecule has 0 saturated carbocycles. The average Bonchev–Trinajstić information content (AvgIpc) is 2.77. The van der Waals surface area contributed by atoms with Crippen LogP contribution >= 0.6 is 0 Å². The van der Waals surface area contributed by atoms with E-state index < -0.39 is 5.97 Å².